The van der Waals surface area contributed by atoms with Crippen molar-refractivity contribution in [1.29, 1.82) is 0 Å². The second-order valence-corrected chi connectivity index (χ2v) is 3.50. The van der Waals surface area contributed by atoms with Gasteiger partial charge in [0.25, 0.3) is 5.56 Å². The van der Waals surface area contributed by atoms with Gasteiger partial charge in [-0.2, -0.15) is 0 Å². The zero-order valence-electron chi connectivity index (χ0n) is 8.82. The summed E-state index contributed by atoms with van der Waals surface area (Å²) in [4.78, 5) is 16.3. The fourth-order valence-electron chi connectivity index (χ4n) is 1.65. The molecule has 0 aliphatic rings. The van der Waals surface area contributed by atoms with Crippen molar-refractivity contribution in [2.24, 2.45) is 0 Å². The highest BCUT2D eigenvalue weighted by Gasteiger charge is 2.04. The molecule has 2 rings (SSSR count). The van der Waals surface area contributed by atoms with Gasteiger partial charge >= 0.3 is 0 Å². The van der Waals surface area contributed by atoms with Crippen molar-refractivity contribution in [3.63, 3.8) is 0 Å². The van der Waals surface area contributed by atoms with Crippen LogP contribution in [0.3, 0.4) is 0 Å². The molecule has 0 bridgehead atoms. The largest absolute Gasteiger partial charge is 0.303 e. The summed E-state index contributed by atoms with van der Waals surface area (Å²) < 4.78 is 1.56. The first-order valence-corrected chi connectivity index (χ1v) is 4.83. The van der Waals surface area contributed by atoms with Gasteiger partial charge in [0, 0.05) is 0 Å². The number of fused-ring (bicyclic) bond motifs is 1. The quantitative estimate of drug-likeness (QED) is 0.788. The maximum absolute atomic E-state index is 12.0. The summed E-state index contributed by atoms with van der Waals surface area (Å²) in [5, 5.41) is 3.64. The van der Waals surface area contributed by atoms with E-state index in [0.29, 0.717) is 12.1 Å². The lowest BCUT2D eigenvalue weighted by atomic mass is 10.1. The highest BCUT2D eigenvalue weighted by molar-refractivity contribution is 5.80. The highest BCUT2D eigenvalue weighted by Crippen LogP contribution is 2.10. The fourth-order valence-corrected chi connectivity index (χ4v) is 1.65. The first kappa shape index (κ1) is 9.86. The summed E-state index contributed by atoms with van der Waals surface area (Å²) in [5.74, 6) is 0. The Morgan fingerprint density at radius 2 is 2.27 bits per heavy atom. The van der Waals surface area contributed by atoms with Crippen molar-refractivity contribution in [1.82, 2.24) is 14.9 Å². The van der Waals surface area contributed by atoms with E-state index in [1.54, 1.807) is 17.9 Å². The molecular formula is C11H13N3O. The van der Waals surface area contributed by atoms with Gasteiger partial charge in [0.2, 0.25) is 0 Å². The van der Waals surface area contributed by atoms with Gasteiger partial charge in [0.1, 0.15) is 0 Å². The van der Waals surface area contributed by atoms with E-state index in [4.69, 9.17) is 0 Å². The third-order valence-corrected chi connectivity index (χ3v) is 2.39. The zero-order valence-corrected chi connectivity index (χ0v) is 8.82. The van der Waals surface area contributed by atoms with Gasteiger partial charge in [-0.1, -0.05) is 12.1 Å². The summed E-state index contributed by atoms with van der Waals surface area (Å²) in [6.07, 6.45) is 1.57. The lowest BCUT2D eigenvalue weighted by Crippen LogP contribution is -2.26. The third kappa shape index (κ3) is 1.64. The maximum atomic E-state index is 12.0. The molecule has 4 heteroatoms. The van der Waals surface area contributed by atoms with Gasteiger partial charge < -0.3 is 5.32 Å². The molecule has 0 aliphatic heterocycles. The number of hydrogen-bond acceptors (Lipinski definition) is 3. The van der Waals surface area contributed by atoms with Gasteiger partial charge in [0.15, 0.2) is 0 Å². The van der Waals surface area contributed by atoms with E-state index in [2.05, 4.69) is 10.3 Å². The van der Waals surface area contributed by atoms with Crippen LogP contribution in [0.5, 0.6) is 0 Å². The lowest BCUT2D eigenvalue weighted by Gasteiger charge is -2.06. The number of hydrogen-bond donors (Lipinski definition) is 1. The predicted octanol–water partition coefficient (Wildman–Crippen LogP) is 0.882. The lowest BCUT2D eigenvalue weighted by molar-refractivity contribution is 0.593. The van der Waals surface area contributed by atoms with Crippen LogP contribution in [0.15, 0.2) is 29.3 Å². The maximum Gasteiger partial charge on any atom is 0.262 e. The number of benzene rings is 1. The molecule has 2 aromatic rings. The van der Waals surface area contributed by atoms with Crippen molar-refractivity contribution in [2.75, 3.05) is 7.05 Å². The van der Waals surface area contributed by atoms with E-state index in [0.717, 1.165) is 11.1 Å². The smallest absolute Gasteiger partial charge is 0.262 e. The van der Waals surface area contributed by atoms with Crippen LogP contribution in [0, 0.1) is 6.92 Å². The van der Waals surface area contributed by atoms with Gasteiger partial charge in [-0.15, -0.1) is 0 Å². The molecule has 0 aliphatic carbocycles. The number of nitrogens with one attached hydrogen (secondary N) is 1. The minimum atomic E-state index is 0.00690. The monoisotopic (exact) mass is 203 g/mol. The van der Waals surface area contributed by atoms with E-state index in [1.807, 2.05) is 25.1 Å². The summed E-state index contributed by atoms with van der Waals surface area (Å²) in [6, 6.07) is 5.69. The molecular weight excluding hydrogens is 190 g/mol. The zero-order chi connectivity index (χ0) is 10.8. The molecule has 0 saturated carbocycles. The molecule has 1 aromatic heterocycles. The third-order valence-electron chi connectivity index (χ3n) is 2.39. The molecule has 0 atom stereocenters. The van der Waals surface area contributed by atoms with Crippen molar-refractivity contribution >= 4 is 10.9 Å². The summed E-state index contributed by atoms with van der Waals surface area (Å²) >= 11 is 0. The molecule has 1 N–H and O–H groups in total. The highest BCUT2D eigenvalue weighted by atomic mass is 16.1. The van der Waals surface area contributed by atoms with Crippen LogP contribution >= 0.6 is 0 Å². The van der Waals surface area contributed by atoms with Crippen LogP contribution in [-0.4, -0.2) is 16.6 Å². The SMILES string of the molecule is CNCn1cnc2cccc(C)c2c1=O. The Bertz CT molecular complexity index is 545. The Morgan fingerprint density at radius 3 is 3.00 bits per heavy atom. The van der Waals surface area contributed by atoms with E-state index >= 15 is 0 Å². The standard InChI is InChI=1S/C11H13N3O/c1-8-4-3-5-9-10(8)11(15)14(6-12-2)7-13-9/h3-5,7,12H,6H2,1-2H3. The summed E-state index contributed by atoms with van der Waals surface area (Å²) in [6.45, 7) is 2.41. The second-order valence-electron chi connectivity index (χ2n) is 3.50. The Hall–Kier alpha value is -1.68. The molecule has 0 unspecified atom stereocenters. The molecule has 0 saturated heterocycles. The first-order chi connectivity index (χ1) is 7.24. The molecule has 4 nitrogen and oxygen atoms in total. The van der Waals surface area contributed by atoms with Crippen molar-refractivity contribution in [2.45, 2.75) is 13.6 Å². The fraction of sp³-hybridized carbons (Fsp3) is 0.273. The second kappa shape index (κ2) is 3.82. The average molecular weight is 203 g/mol. The van der Waals surface area contributed by atoms with Crippen LogP contribution in [0.25, 0.3) is 10.9 Å². The van der Waals surface area contributed by atoms with Gasteiger partial charge in [0.05, 0.1) is 23.9 Å². The van der Waals surface area contributed by atoms with E-state index in [9.17, 15) is 4.79 Å². The minimum absolute atomic E-state index is 0.00690. The van der Waals surface area contributed by atoms with Gasteiger partial charge in [-0.25, -0.2) is 4.98 Å². The molecule has 0 radical (unpaired) electrons. The Labute approximate surface area is 87.6 Å². The summed E-state index contributed by atoms with van der Waals surface area (Å²) in [7, 11) is 1.80. The van der Waals surface area contributed by atoms with Crippen LogP contribution in [0.2, 0.25) is 0 Å². The van der Waals surface area contributed by atoms with Crippen molar-refractivity contribution in [3.05, 3.63) is 40.4 Å². The average Bonchev–Trinajstić information content (AvgIpc) is 2.22. The Balaban J connectivity index is 2.77. The first-order valence-electron chi connectivity index (χ1n) is 4.83. The van der Waals surface area contributed by atoms with Crippen LogP contribution in [0.4, 0.5) is 0 Å². The molecule has 15 heavy (non-hydrogen) atoms. The number of aromatic nitrogens is 2. The molecule has 0 amide bonds. The number of nitrogens with zero attached hydrogens (tertiary/aromatic N) is 2. The molecule has 0 spiro atoms. The molecule has 78 valence electrons. The number of rotatable bonds is 2. The van der Waals surface area contributed by atoms with Crippen molar-refractivity contribution < 1.29 is 0 Å². The Morgan fingerprint density at radius 1 is 1.47 bits per heavy atom. The molecule has 0 fully saturated rings. The molecule has 1 heterocycles. The number of aryl methyl sites for hydroxylation is 1. The Kier molecular flexibility index (Phi) is 2.51. The van der Waals surface area contributed by atoms with E-state index in [1.165, 1.54) is 0 Å². The minimum Gasteiger partial charge on any atom is -0.303 e. The van der Waals surface area contributed by atoms with Crippen molar-refractivity contribution in [3.8, 4) is 0 Å². The molecule has 1 aromatic carbocycles. The topological polar surface area (TPSA) is 46.9 Å². The van der Waals surface area contributed by atoms with Gasteiger partial charge in [-0.3, -0.25) is 9.36 Å². The van der Waals surface area contributed by atoms with Crippen LogP contribution < -0.4 is 10.9 Å². The van der Waals surface area contributed by atoms with Crippen LogP contribution in [-0.2, 0) is 6.67 Å². The summed E-state index contributed by atoms with van der Waals surface area (Å²) in [5.41, 5.74) is 1.73. The van der Waals surface area contributed by atoms with Gasteiger partial charge in [-0.05, 0) is 25.6 Å². The predicted molar refractivity (Wildman–Crippen MR) is 59.8 cm³/mol. The van der Waals surface area contributed by atoms with Crippen LogP contribution in [0.1, 0.15) is 5.56 Å². The van der Waals surface area contributed by atoms with E-state index in [-0.39, 0.29) is 5.56 Å². The van der Waals surface area contributed by atoms with E-state index < -0.39 is 0 Å². The normalized spacial score (nSPS) is 10.8.